The molecular formula is C20H19F3N6O3. The van der Waals surface area contributed by atoms with Crippen molar-refractivity contribution in [3.63, 3.8) is 0 Å². The molecule has 3 aromatic rings. The van der Waals surface area contributed by atoms with Gasteiger partial charge in [0.2, 0.25) is 5.95 Å². The average Bonchev–Trinajstić information content (AvgIpc) is 2.75. The second kappa shape index (κ2) is 10.3. The number of ether oxygens (including phenoxy) is 3. The molecule has 0 spiro atoms. The molecule has 32 heavy (non-hydrogen) atoms. The summed E-state index contributed by atoms with van der Waals surface area (Å²) in [5.74, 6) is 0.592. The molecule has 0 saturated heterocycles. The maximum absolute atomic E-state index is 12.3. The van der Waals surface area contributed by atoms with E-state index in [1.54, 1.807) is 32.4 Å². The third-order valence-electron chi connectivity index (χ3n) is 3.73. The molecule has 2 aromatic carbocycles. The van der Waals surface area contributed by atoms with Crippen molar-refractivity contribution in [3.8, 4) is 17.5 Å². The van der Waals surface area contributed by atoms with Crippen molar-refractivity contribution in [2.45, 2.75) is 13.3 Å². The largest absolute Gasteiger partial charge is 0.573 e. The first-order valence-electron chi connectivity index (χ1n) is 9.29. The van der Waals surface area contributed by atoms with E-state index in [4.69, 9.17) is 9.47 Å². The van der Waals surface area contributed by atoms with E-state index in [1.807, 2.05) is 12.1 Å². The topological polar surface area (TPSA) is 103 Å². The minimum Gasteiger partial charge on any atom is -0.497 e. The summed E-state index contributed by atoms with van der Waals surface area (Å²) in [7, 11) is 1.58. The van der Waals surface area contributed by atoms with Crippen LogP contribution in [-0.4, -0.2) is 41.2 Å². The SMILES string of the molecule is CCOc1nc(N/N=C/c2ccc(OC)cc2)nc(Nc2ccc(OC(F)(F)F)cc2)n1. The van der Waals surface area contributed by atoms with Gasteiger partial charge in [-0.05, 0) is 61.0 Å². The normalized spacial score (nSPS) is 11.3. The van der Waals surface area contributed by atoms with Gasteiger partial charge in [0.1, 0.15) is 11.5 Å². The van der Waals surface area contributed by atoms with Gasteiger partial charge in [0.25, 0.3) is 5.95 Å². The first-order valence-corrected chi connectivity index (χ1v) is 9.29. The third kappa shape index (κ3) is 7.00. The fourth-order valence-corrected chi connectivity index (χ4v) is 2.38. The van der Waals surface area contributed by atoms with E-state index >= 15 is 0 Å². The number of hydrogen-bond acceptors (Lipinski definition) is 9. The lowest BCUT2D eigenvalue weighted by molar-refractivity contribution is -0.274. The van der Waals surface area contributed by atoms with E-state index in [1.165, 1.54) is 24.3 Å². The number of hydrogen-bond donors (Lipinski definition) is 2. The second-order valence-electron chi connectivity index (χ2n) is 6.04. The van der Waals surface area contributed by atoms with Crippen molar-refractivity contribution in [2.24, 2.45) is 5.10 Å². The zero-order valence-corrected chi connectivity index (χ0v) is 17.1. The molecule has 0 radical (unpaired) electrons. The number of hydrazone groups is 1. The molecule has 12 heteroatoms. The Morgan fingerprint density at radius 3 is 2.22 bits per heavy atom. The highest BCUT2D eigenvalue weighted by Gasteiger charge is 2.30. The predicted molar refractivity (Wildman–Crippen MR) is 112 cm³/mol. The first kappa shape index (κ1) is 22.6. The Balaban J connectivity index is 1.71. The molecule has 0 fully saturated rings. The average molecular weight is 448 g/mol. The highest BCUT2D eigenvalue weighted by Crippen LogP contribution is 2.25. The minimum atomic E-state index is -4.76. The zero-order chi connectivity index (χ0) is 23.0. The summed E-state index contributed by atoms with van der Waals surface area (Å²) >= 11 is 0. The highest BCUT2D eigenvalue weighted by molar-refractivity contribution is 5.80. The number of anilines is 3. The fourth-order valence-electron chi connectivity index (χ4n) is 2.38. The quantitative estimate of drug-likeness (QED) is 0.368. The summed E-state index contributed by atoms with van der Waals surface area (Å²) < 4.78 is 51.2. The summed E-state index contributed by atoms with van der Waals surface area (Å²) in [4.78, 5) is 12.4. The summed E-state index contributed by atoms with van der Waals surface area (Å²) in [6.07, 6.45) is -3.20. The molecule has 1 heterocycles. The molecule has 9 nitrogen and oxygen atoms in total. The third-order valence-corrected chi connectivity index (χ3v) is 3.73. The standard InChI is InChI=1S/C20H19F3N6O3/c1-3-31-19-27-17(25-14-6-10-16(11-7-14)32-20(21,22)23)26-18(28-19)29-24-12-13-4-8-15(30-2)9-5-13/h4-12H,3H2,1-2H3,(H2,25,26,27,28,29)/b24-12+. The van der Waals surface area contributed by atoms with E-state index in [2.05, 4.69) is 35.5 Å². The molecule has 3 rings (SSSR count). The number of halogens is 3. The van der Waals surface area contributed by atoms with Gasteiger partial charge in [-0.1, -0.05) is 0 Å². The van der Waals surface area contributed by atoms with Gasteiger partial charge in [-0.15, -0.1) is 13.2 Å². The van der Waals surface area contributed by atoms with Crippen molar-refractivity contribution >= 4 is 23.8 Å². The van der Waals surface area contributed by atoms with Crippen LogP contribution in [0.3, 0.4) is 0 Å². The Labute approximate surface area is 181 Å². The molecule has 0 aliphatic carbocycles. The molecule has 0 saturated carbocycles. The van der Waals surface area contributed by atoms with Gasteiger partial charge in [0, 0.05) is 5.69 Å². The number of rotatable bonds is 9. The number of alkyl halides is 3. The Morgan fingerprint density at radius 1 is 0.938 bits per heavy atom. The second-order valence-corrected chi connectivity index (χ2v) is 6.04. The van der Waals surface area contributed by atoms with E-state index < -0.39 is 6.36 Å². The molecule has 0 amide bonds. The molecule has 0 aliphatic heterocycles. The molecule has 0 bridgehead atoms. The van der Waals surface area contributed by atoms with Crippen molar-refractivity contribution in [3.05, 3.63) is 54.1 Å². The molecule has 0 aliphatic rings. The summed E-state index contributed by atoms with van der Waals surface area (Å²) in [6.45, 7) is 2.09. The molecule has 2 N–H and O–H groups in total. The van der Waals surface area contributed by atoms with Crippen LogP contribution in [0.4, 0.5) is 30.8 Å². The monoisotopic (exact) mass is 448 g/mol. The van der Waals surface area contributed by atoms with Crippen LogP contribution < -0.4 is 25.0 Å². The van der Waals surface area contributed by atoms with Gasteiger partial charge in [-0.2, -0.15) is 20.1 Å². The van der Waals surface area contributed by atoms with Crippen LogP contribution in [0.25, 0.3) is 0 Å². The Hall–Kier alpha value is -4.09. The Morgan fingerprint density at radius 2 is 1.59 bits per heavy atom. The highest BCUT2D eigenvalue weighted by atomic mass is 19.4. The number of methoxy groups -OCH3 is 1. The number of nitrogens with zero attached hydrogens (tertiary/aromatic N) is 4. The van der Waals surface area contributed by atoms with Crippen LogP contribution in [0.5, 0.6) is 17.5 Å². The van der Waals surface area contributed by atoms with Crippen LogP contribution in [0.15, 0.2) is 53.6 Å². The lowest BCUT2D eigenvalue weighted by Gasteiger charge is -2.11. The molecule has 1 aromatic heterocycles. The summed E-state index contributed by atoms with van der Waals surface area (Å²) in [5, 5.41) is 6.96. The van der Waals surface area contributed by atoms with Gasteiger partial charge < -0.3 is 19.5 Å². The van der Waals surface area contributed by atoms with Crippen molar-refractivity contribution in [1.29, 1.82) is 0 Å². The van der Waals surface area contributed by atoms with Gasteiger partial charge in [0.15, 0.2) is 0 Å². The van der Waals surface area contributed by atoms with E-state index in [0.29, 0.717) is 12.3 Å². The Bertz CT molecular complexity index is 1040. The van der Waals surface area contributed by atoms with Gasteiger partial charge >= 0.3 is 12.4 Å². The first-order chi connectivity index (χ1) is 15.3. The maximum atomic E-state index is 12.3. The van der Waals surface area contributed by atoms with Crippen LogP contribution in [0, 0.1) is 0 Å². The lowest BCUT2D eigenvalue weighted by atomic mass is 10.2. The Kier molecular flexibility index (Phi) is 7.26. The van der Waals surface area contributed by atoms with E-state index in [9.17, 15) is 13.2 Å². The zero-order valence-electron chi connectivity index (χ0n) is 17.1. The summed E-state index contributed by atoms with van der Waals surface area (Å²) in [5.41, 5.74) is 3.94. The molecular weight excluding hydrogens is 429 g/mol. The molecule has 0 atom stereocenters. The van der Waals surface area contributed by atoms with Gasteiger partial charge in [-0.3, -0.25) is 0 Å². The maximum Gasteiger partial charge on any atom is 0.573 e. The van der Waals surface area contributed by atoms with Crippen LogP contribution in [0.2, 0.25) is 0 Å². The predicted octanol–water partition coefficient (Wildman–Crippen LogP) is 4.37. The van der Waals surface area contributed by atoms with Crippen LogP contribution >= 0.6 is 0 Å². The number of aromatic nitrogens is 3. The van der Waals surface area contributed by atoms with Gasteiger partial charge in [-0.25, -0.2) is 5.43 Å². The number of nitrogens with one attached hydrogen (secondary N) is 2. The molecule has 168 valence electrons. The lowest BCUT2D eigenvalue weighted by Crippen LogP contribution is -2.17. The van der Waals surface area contributed by atoms with Crippen molar-refractivity contribution in [2.75, 3.05) is 24.5 Å². The van der Waals surface area contributed by atoms with Crippen LogP contribution in [-0.2, 0) is 0 Å². The van der Waals surface area contributed by atoms with E-state index in [-0.39, 0.29) is 23.7 Å². The van der Waals surface area contributed by atoms with E-state index in [0.717, 1.165) is 11.3 Å². The van der Waals surface area contributed by atoms with Gasteiger partial charge in [0.05, 0.1) is 19.9 Å². The van der Waals surface area contributed by atoms with Crippen molar-refractivity contribution in [1.82, 2.24) is 15.0 Å². The van der Waals surface area contributed by atoms with Crippen molar-refractivity contribution < 1.29 is 27.4 Å². The minimum absolute atomic E-state index is 0.0455. The smallest absolute Gasteiger partial charge is 0.497 e. The summed E-state index contributed by atoms with van der Waals surface area (Å²) in [6, 6.07) is 12.4. The van der Waals surface area contributed by atoms with Crippen LogP contribution in [0.1, 0.15) is 12.5 Å². The fraction of sp³-hybridized carbons (Fsp3) is 0.200. The molecule has 0 unspecified atom stereocenters. The number of benzene rings is 2.